The third kappa shape index (κ3) is 1.20. The first-order valence-corrected chi connectivity index (χ1v) is 6.16. The summed E-state index contributed by atoms with van der Waals surface area (Å²) in [4.78, 5) is 14.2. The third-order valence-electron chi connectivity index (χ3n) is 3.74. The van der Waals surface area contributed by atoms with Crippen molar-refractivity contribution in [3.63, 3.8) is 0 Å². The summed E-state index contributed by atoms with van der Waals surface area (Å²) in [6, 6.07) is 9.78. The van der Waals surface area contributed by atoms with E-state index in [0.29, 0.717) is 18.7 Å². The molecule has 1 amide bonds. The van der Waals surface area contributed by atoms with E-state index >= 15 is 0 Å². The lowest BCUT2D eigenvalue weighted by Gasteiger charge is -2.31. The van der Waals surface area contributed by atoms with E-state index in [2.05, 4.69) is 10.2 Å². The molecule has 5 nitrogen and oxygen atoms in total. The predicted octanol–water partition coefficient (Wildman–Crippen LogP) is 1.16. The van der Waals surface area contributed by atoms with Gasteiger partial charge in [-0.05, 0) is 0 Å². The summed E-state index contributed by atoms with van der Waals surface area (Å²) >= 11 is 0. The SMILES string of the molecule is O=C1c2cnncc2[C@]2(c3ccccc3)OCCN12. The number of hydrogen-bond acceptors (Lipinski definition) is 4. The van der Waals surface area contributed by atoms with E-state index in [1.807, 2.05) is 30.3 Å². The minimum Gasteiger partial charge on any atom is -0.345 e. The molecule has 0 bridgehead atoms. The largest absolute Gasteiger partial charge is 0.345 e. The van der Waals surface area contributed by atoms with Crippen LogP contribution < -0.4 is 0 Å². The third-order valence-corrected chi connectivity index (χ3v) is 3.74. The van der Waals surface area contributed by atoms with Crippen molar-refractivity contribution < 1.29 is 9.53 Å². The Morgan fingerprint density at radius 1 is 1.16 bits per heavy atom. The molecule has 0 N–H and O–H groups in total. The molecule has 2 aliphatic rings. The molecule has 5 heteroatoms. The lowest BCUT2D eigenvalue weighted by molar-refractivity contribution is -0.0306. The van der Waals surface area contributed by atoms with Crippen molar-refractivity contribution in [3.8, 4) is 0 Å². The maximum Gasteiger partial charge on any atom is 0.258 e. The molecule has 1 aromatic carbocycles. The number of ether oxygens (including phenoxy) is 1. The van der Waals surface area contributed by atoms with Crippen LogP contribution in [0.2, 0.25) is 0 Å². The van der Waals surface area contributed by atoms with Gasteiger partial charge in [0.1, 0.15) is 0 Å². The van der Waals surface area contributed by atoms with Crippen LogP contribution in [0.5, 0.6) is 0 Å². The molecule has 19 heavy (non-hydrogen) atoms. The minimum atomic E-state index is -0.816. The Hall–Kier alpha value is -2.27. The summed E-state index contributed by atoms with van der Waals surface area (Å²) in [5, 5.41) is 7.72. The first-order valence-electron chi connectivity index (χ1n) is 6.16. The Kier molecular flexibility index (Phi) is 2.02. The highest BCUT2D eigenvalue weighted by Crippen LogP contribution is 2.46. The molecule has 3 heterocycles. The van der Waals surface area contributed by atoms with Crippen LogP contribution in [0.15, 0.2) is 42.7 Å². The second-order valence-electron chi connectivity index (χ2n) is 4.63. The van der Waals surface area contributed by atoms with Gasteiger partial charge in [-0.1, -0.05) is 30.3 Å². The molecule has 0 radical (unpaired) electrons. The zero-order valence-electron chi connectivity index (χ0n) is 10.1. The van der Waals surface area contributed by atoms with Crippen LogP contribution in [0.1, 0.15) is 21.5 Å². The molecule has 2 aliphatic heterocycles. The van der Waals surface area contributed by atoms with Gasteiger partial charge in [-0.3, -0.25) is 9.69 Å². The van der Waals surface area contributed by atoms with Gasteiger partial charge in [0, 0.05) is 17.7 Å². The van der Waals surface area contributed by atoms with Gasteiger partial charge in [-0.15, -0.1) is 0 Å². The molecule has 0 saturated carbocycles. The normalized spacial score (nSPS) is 24.4. The topological polar surface area (TPSA) is 55.3 Å². The van der Waals surface area contributed by atoms with Crippen molar-refractivity contribution in [2.75, 3.05) is 13.2 Å². The van der Waals surface area contributed by atoms with Crippen LogP contribution in [0.25, 0.3) is 0 Å². The molecule has 0 aliphatic carbocycles. The van der Waals surface area contributed by atoms with Crippen LogP contribution >= 0.6 is 0 Å². The summed E-state index contributed by atoms with van der Waals surface area (Å²) < 4.78 is 5.98. The molecule has 1 atom stereocenters. The fourth-order valence-electron chi connectivity index (χ4n) is 2.95. The van der Waals surface area contributed by atoms with E-state index in [1.54, 1.807) is 11.1 Å². The van der Waals surface area contributed by atoms with Crippen molar-refractivity contribution in [2.45, 2.75) is 5.72 Å². The smallest absolute Gasteiger partial charge is 0.258 e. The van der Waals surface area contributed by atoms with E-state index in [-0.39, 0.29) is 5.91 Å². The lowest BCUT2D eigenvalue weighted by Crippen LogP contribution is -2.40. The van der Waals surface area contributed by atoms with Gasteiger partial charge in [0.05, 0.1) is 24.6 Å². The zero-order valence-corrected chi connectivity index (χ0v) is 10.1. The number of carbonyl (C=O) groups is 1. The Morgan fingerprint density at radius 2 is 1.95 bits per heavy atom. The highest BCUT2D eigenvalue weighted by molar-refractivity contribution is 6.00. The van der Waals surface area contributed by atoms with E-state index in [9.17, 15) is 4.79 Å². The summed E-state index contributed by atoms with van der Waals surface area (Å²) in [5.41, 5.74) is 1.51. The van der Waals surface area contributed by atoms with Crippen LogP contribution in [0.3, 0.4) is 0 Å². The van der Waals surface area contributed by atoms with E-state index in [1.165, 1.54) is 6.20 Å². The Labute approximate surface area is 109 Å². The van der Waals surface area contributed by atoms with E-state index < -0.39 is 5.72 Å². The Bertz CT molecular complexity index is 659. The second kappa shape index (κ2) is 3.61. The van der Waals surface area contributed by atoms with Gasteiger partial charge in [-0.25, -0.2) is 0 Å². The summed E-state index contributed by atoms with van der Waals surface area (Å²) in [6.07, 6.45) is 3.15. The van der Waals surface area contributed by atoms with Gasteiger partial charge < -0.3 is 4.74 Å². The quantitative estimate of drug-likeness (QED) is 0.765. The number of benzene rings is 1. The second-order valence-corrected chi connectivity index (χ2v) is 4.63. The standard InChI is InChI=1S/C14H11N3O2/c18-13-11-8-15-16-9-12(11)14(17(13)6-7-19-14)10-4-2-1-3-5-10/h1-5,8-9H,6-7H2/t14-/m0/s1. The Morgan fingerprint density at radius 3 is 2.79 bits per heavy atom. The molecular formula is C14H11N3O2. The van der Waals surface area contributed by atoms with Crippen LogP contribution in [-0.2, 0) is 10.5 Å². The molecule has 94 valence electrons. The Balaban J connectivity index is 2.02. The van der Waals surface area contributed by atoms with Crippen LogP contribution in [-0.4, -0.2) is 34.2 Å². The van der Waals surface area contributed by atoms with E-state index in [4.69, 9.17) is 4.74 Å². The number of hydrogen-bond donors (Lipinski definition) is 0. The fourth-order valence-corrected chi connectivity index (χ4v) is 2.95. The van der Waals surface area contributed by atoms with Gasteiger partial charge in [0.25, 0.3) is 5.91 Å². The number of rotatable bonds is 1. The summed E-state index contributed by atoms with van der Waals surface area (Å²) in [6.45, 7) is 1.12. The maximum atomic E-state index is 12.4. The molecule has 4 rings (SSSR count). The monoisotopic (exact) mass is 253 g/mol. The van der Waals surface area contributed by atoms with Crippen molar-refractivity contribution in [3.05, 3.63) is 59.4 Å². The van der Waals surface area contributed by atoms with Crippen molar-refractivity contribution in [1.29, 1.82) is 0 Å². The average molecular weight is 253 g/mol. The molecule has 2 aromatic rings. The van der Waals surface area contributed by atoms with Gasteiger partial charge >= 0.3 is 0 Å². The van der Waals surface area contributed by atoms with Gasteiger partial charge in [0.15, 0.2) is 5.72 Å². The number of carbonyl (C=O) groups excluding carboxylic acids is 1. The number of nitrogens with zero attached hydrogens (tertiary/aromatic N) is 3. The first-order chi connectivity index (χ1) is 9.34. The van der Waals surface area contributed by atoms with Crippen molar-refractivity contribution in [2.24, 2.45) is 0 Å². The summed E-state index contributed by atoms with van der Waals surface area (Å²) in [5.74, 6) is -0.0359. The fraction of sp³-hybridized carbons (Fsp3) is 0.214. The van der Waals surface area contributed by atoms with E-state index in [0.717, 1.165) is 11.1 Å². The predicted molar refractivity (Wildman–Crippen MR) is 66.2 cm³/mol. The molecule has 1 saturated heterocycles. The van der Waals surface area contributed by atoms with Gasteiger partial charge in [0.2, 0.25) is 0 Å². The molecule has 0 spiro atoms. The first kappa shape index (κ1) is 10.6. The highest BCUT2D eigenvalue weighted by Gasteiger charge is 2.55. The van der Waals surface area contributed by atoms with Crippen LogP contribution in [0, 0.1) is 0 Å². The van der Waals surface area contributed by atoms with Crippen molar-refractivity contribution in [1.82, 2.24) is 15.1 Å². The highest BCUT2D eigenvalue weighted by atomic mass is 16.5. The summed E-state index contributed by atoms with van der Waals surface area (Å²) in [7, 11) is 0. The number of fused-ring (bicyclic) bond motifs is 3. The maximum absolute atomic E-state index is 12.4. The minimum absolute atomic E-state index is 0.0359. The molecular weight excluding hydrogens is 242 g/mol. The molecule has 1 aromatic heterocycles. The molecule has 0 unspecified atom stereocenters. The van der Waals surface area contributed by atoms with Crippen LogP contribution in [0.4, 0.5) is 0 Å². The van der Waals surface area contributed by atoms with Gasteiger partial charge in [-0.2, -0.15) is 10.2 Å². The lowest BCUT2D eigenvalue weighted by atomic mass is 9.96. The average Bonchev–Trinajstić information content (AvgIpc) is 3.01. The van der Waals surface area contributed by atoms with Crippen molar-refractivity contribution >= 4 is 5.91 Å². The zero-order chi connectivity index (χ0) is 12.9. The molecule has 1 fully saturated rings. The number of aromatic nitrogens is 2. The number of amides is 1.